The Morgan fingerprint density at radius 3 is 2.69 bits per heavy atom. The van der Waals surface area contributed by atoms with Gasteiger partial charge in [-0.25, -0.2) is 0 Å². The molecular weight excluding hydrogens is 324 g/mol. The molecule has 1 aromatic heterocycles. The van der Waals surface area contributed by atoms with Crippen molar-refractivity contribution in [1.82, 2.24) is 4.98 Å². The third kappa shape index (κ3) is 3.94. The summed E-state index contributed by atoms with van der Waals surface area (Å²) in [5.41, 5.74) is 3.07. The van der Waals surface area contributed by atoms with Gasteiger partial charge in [0.2, 0.25) is 0 Å². The Labute approximate surface area is 153 Å². The van der Waals surface area contributed by atoms with Crippen molar-refractivity contribution in [2.45, 2.75) is 38.5 Å². The zero-order valence-electron chi connectivity index (χ0n) is 14.9. The van der Waals surface area contributed by atoms with Crippen LogP contribution in [-0.2, 0) is 0 Å². The topological polar surface area (TPSA) is 58.9 Å². The predicted molar refractivity (Wildman–Crippen MR) is 105 cm³/mol. The second kappa shape index (κ2) is 8.35. The fourth-order valence-electron chi connectivity index (χ4n) is 3.11. The molecule has 1 N–H and O–H groups in total. The highest BCUT2D eigenvalue weighted by molar-refractivity contribution is 5.86. The van der Waals surface area contributed by atoms with Gasteiger partial charge < -0.3 is 4.98 Å². The van der Waals surface area contributed by atoms with Gasteiger partial charge in [-0.2, -0.15) is 0 Å². The summed E-state index contributed by atoms with van der Waals surface area (Å²) in [4.78, 5) is 14.0. The first-order valence-electron chi connectivity index (χ1n) is 8.99. The Kier molecular flexibility index (Phi) is 5.70. The third-order valence-corrected chi connectivity index (χ3v) is 4.50. The minimum atomic E-state index is -0.357. The molecule has 0 radical (unpaired) electrons. The van der Waals surface area contributed by atoms with Gasteiger partial charge in [-0.1, -0.05) is 56.0 Å². The number of H-pyrrole nitrogens is 1. The molecular formula is C22H22N2O2. The van der Waals surface area contributed by atoms with Crippen molar-refractivity contribution in [1.29, 1.82) is 0 Å². The average molecular weight is 346 g/mol. The second-order valence-electron chi connectivity index (χ2n) is 6.35. The smallest absolute Gasteiger partial charge is 0.270 e. The predicted octanol–water partition coefficient (Wildman–Crippen LogP) is 5.79. The van der Waals surface area contributed by atoms with E-state index in [2.05, 4.69) is 35.9 Å². The van der Waals surface area contributed by atoms with Crippen molar-refractivity contribution in [3.63, 3.8) is 0 Å². The van der Waals surface area contributed by atoms with Gasteiger partial charge in [0.1, 0.15) is 0 Å². The first-order chi connectivity index (χ1) is 12.7. The summed E-state index contributed by atoms with van der Waals surface area (Å²) >= 11 is 0. The van der Waals surface area contributed by atoms with Gasteiger partial charge in [0.15, 0.2) is 0 Å². The van der Waals surface area contributed by atoms with Gasteiger partial charge in [0.25, 0.3) is 5.69 Å². The second-order valence-corrected chi connectivity index (χ2v) is 6.35. The van der Waals surface area contributed by atoms with Crippen LogP contribution in [0.1, 0.15) is 49.7 Å². The average Bonchev–Trinajstić information content (AvgIpc) is 3.08. The lowest BCUT2D eigenvalue weighted by molar-refractivity contribution is -0.384. The van der Waals surface area contributed by atoms with E-state index in [0.29, 0.717) is 0 Å². The number of unbranched alkanes of at least 4 members (excludes halogenated alkanes) is 3. The molecule has 1 heterocycles. The highest BCUT2D eigenvalue weighted by Crippen LogP contribution is 2.32. The lowest BCUT2D eigenvalue weighted by Gasteiger charge is -2.10. The molecule has 0 aliphatic carbocycles. The monoisotopic (exact) mass is 346 g/mol. The number of nitrogens with zero attached hydrogens (tertiary/aromatic N) is 1. The molecule has 1 atom stereocenters. The zero-order valence-corrected chi connectivity index (χ0v) is 14.9. The number of fused-ring (bicyclic) bond motifs is 1. The molecule has 0 spiro atoms. The highest BCUT2D eigenvalue weighted by atomic mass is 16.6. The molecule has 0 saturated carbocycles. The molecule has 0 saturated heterocycles. The first-order valence-corrected chi connectivity index (χ1v) is 8.99. The van der Waals surface area contributed by atoms with Crippen LogP contribution in [-0.4, -0.2) is 9.91 Å². The highest BCUT2D eigenvalue weighted by Gasteiger charge is 2.18. The number of rotatable bonds is 6. The maximum Gasteiger partial charge on any atom is 0.270 e. The lowest BCUT2D eigenvalue weighted by atomic mass is 9.91. The van der Waals surface area contributed by atoms with Crippen molar-refractivity contribution in [3.8, 4) is 11.8 Å². The number of hydrogen-bond acceptors (Lipinski definition) is 2. The van der Waals surface area contributed by atoms with Crippen molar-refractivity contribution in [2.24, 2.45) is 0 Å². The minimum Gasteiger partial charge on any atom is -0.361 e. The van der Waals surface area contributed by atoms with Crippen LogP contribution in [0.4, 0.5) is 5.69 Å². The van der Waals surface area contributed by atoms with Crippen molar-refractivity contribution >= 4 is 16.6 Å². The molecule has 132 valence electrons. The van der Waals surface area contributed by atoms with E-state index in [-0.39, 0.29) is 16.5 Å². The molecule has 1 unspecified atom stereocenters. The summed E-state index contributed by atoms with van der Waals surface area (Å²) < 4.78 is 0. The molecule has 0 fully saturated rings. The number of nitrogens with one attached hydrogen (secondary N) is 1. The molecule has 0 aliphatic heterocycles. The van der Waals surface area contributed by atoms with E-state index in [1.165, 1.54) is 18.9 Å². The summed E-state index contributed by atoms with van der Waals surface area (Å²) in [5, 5.41) is 12.0. The van der Waals surface area contributed by atoms with Crippen molar-refractivity contribution in [2.75, 3.05) is 0 Å². The summed E-state index contributed by atoms with van der Waals surface area (Å²) in [6.07, 6.45) is 6.26. The number of benzene rings is 2. The Morgan fingerprint density at radius 2 is 1.96 bits per heavy atom. The number of aromatic amines is 1. The van der Waals surface area contributed by atoms with Crippen molar-refractivity contribution < 1.29 is 4.92 Å². The molecule has 0 amide bonds. The molecule has 2 aromatic carbocycles. The molecule has 26 heavy (non-hydrogen) atoms. The SMILES string of the molecule is CCCCCC#CC(c1ccccc1)c1c[nH]c2ccc([N+](=O)[O-])cc12. The molecule has 4 heteroatoms. The number of nitro benzene ring substituents is 1. The Bertz CT molecular complexity index is 948. The van der Waals surface area contributed by atoms with Crippen molar-refractivity contribution in [3.05, 3.63) is 76.0 Å². The van der Waals surface area contributed by atoms with Crippen LogP contribution < -0.4 is 0 Å². The van der Waals surface area contributed by atoms with Crippen LogP contribution >= 0.6 is 0 Å². The van der Waals surface area contributed by atoms with E-state index in [0.717, 1.165) is 34.9 Å². The summed E-state index contributed by atoms with van der Waals surface area (Å²) in [6.45, 7) is 2.18. The number of nitro groups is 1. The van der Waals surface area contributed by atoms with Crippen LogP contribution in [0.2, 0.25) is 0 Å². The Hall–Kier alpha value is -3.06. The van der Waals surface area contributed by atoms with Crippen LogP contribution in [0.3, 0.4) is 0 Å². The molecule has 0 bridgehead atoms. The minimum absolute atomic E-state index is 0.0982. The summed E-state index contributed by atoms with van der Waals surface area (Å²) in [7, 11) is 0. The van der Waals surface area contributed by atoms with Crippen LogP contribution in [0, 0.1) is 22.0 Å². The number of hydrogen-bond donors (Lipinski definition) is 1. The van der Waals surface area contributed by atoms with Crippen LogP contribution in [0.5, 0.6) is 0 Å². The molecule has 0 aliphatic rings. The standard InChI is InChI=1S/C22H22N2O2/c1-2-3-4-5-9-12-19(17-10-7-6-8-11-17)21-16-23-22-14-13-18(24(25)26)15-20(21)22/h6-8,10-11,13-16,19,23H,2-5H2,1H3. The van der Waals surface area contributed by atoms with Gasteiger partial charge in [-0.15, -0.1) is 5.92 Å². The maximum atomic E-state index is 11.2. The fraction of sp³-hybridized carbons (Fsp3) is 0.273. The first kappa shape index (κ1) is 17.8. The van der Waals surface area contributed by atoms with E-state index in [9.17, 15) is 10.1 Å². The van der Waals surface area contributed by atoms with E-state index >= 15 is 0 Å². The molecule has 3 rings (SSSR count). The quantitative estimate of drug-likeness (QED) is 0.266. The largest absolute Gasteiger partial charge is 0.361 e. The molecule has 4 nitrogen and oxygen atoms in total. The summed E-state index contributed by atoms with van der Waals surface area (Å²) in [5.74, 6) is 6.61. The number of aromatic nitrogens is 1. The zero-order chi connectivity index (χ0) is 18.4. The van der Waals surface area contributed by atoms with Crippen LogP contribution in [0.15, 0.2) is 54.7 Å². The lowest BCUT2D eigenvalue weighted by Crippen LogP contribution is -1.98. The Balaban J connectivity index is 2.02. The third-order valence-electron chi connectivity index (χ3n) is 4.50. The van der Waals surface area contributed by atoms with Crippen LogP contribution in [0.25, 0.3) is 10.9 Å². The number of non-ortho nitro benzene ring substituents is 1. The van der Waals surface area contributed by atoms with E-state index in [1.54, 1.807) is 12.1 Å². The Morgan fingerprint density at radius 1 is 1.15 bits per heavy atom. The molecule has 3 aromatic rings. The van der Waals surface area contributed by atoms with Gasteiger partial charge in [0.05, 0.1) is 10.8 Å². The summed E-state index contributed by atoms with van der Waals surface area (Å²) in [6, 6.07) is 15.0. The van der Waals surface area contributed by atoms with Gasteiger partial charge >= 0.3 is 0 Å². The van der Waals surface area contributed by atoms with E-state index in [1.807, 2.05) is 24.4 Å². The van der Waals surface area contributed by atoms with E-state index in [4.69, 9.17) is 0 Å². The van der Waals surface area contributed by atoms with E-state index < -0.39 is 0 Å². The van der Waals surface area contributed by atoms with Gasteiger partial charge in [0, 0.05) is 35.7 Å². The normalized spacial score (nSPS) is 11.7. The fourth-order valence-corrected chi connectivity index (χ4v) is 3.11. The van der Waals surface area contributed by atoms with Gasteiger partial charge in [-0.05, 0) is 23.6 Å². The van der Waals surface area contributed by atoms with Gasteiger partial charge in [-0.3, -0.25) is 10.1 Å². The maximum absolute atomic E-state index is 11.2.